The molecule has 0 bridgehead atoms. The number of hydrogen-bond acceptors (Lipinski definition) is 2. The summed E-state index contributed by atoms with van der Waals surface area (Å²) in [5.41, 5.74) is -1.47. The molecule has 0 aliphatic heterocycles. The number of alkyl halides is 2. The van der Waals surface area contributed by atoms with E-state index in [-0.39, 0.29) is 0 Å². The van der Waals surface area contributed by atoms with Gasteiger partial charge in [-0.05, 0) is 6.07 Å². The van der Waals surface area contributed by atoms with E-state index in [2.05, 4.69) is 0 Å². The zero-order chi connectivity index (χ0) is 10.0. The van der Waals surface area contributed by atoms with Crippen molar-refractivity contribution in [2.45, 2.75) is 6.43 Å². The number of hydrogen-bond donors (Lipinski definition) is 2. The third kappa shape index (κ3) is 2.02. The molecule has 0 saturated carbocycles. The molecule has 0 aliphatic rings. The van der Waals surface area contributed by atoms with Crippen molar-refractivity contribution in [1.82, 2.24) is 0 Å². The van der Waals surface area contributed by atoms with Crippen LogP contribution in [0, 0.1) is 5.82 Å². The fourth-order valence-corrected chi connectivity index (χ4v) is 1.02. The number of rotatable bonds is 2. The van der Waals surface area contributed by atoms with Crippen LogP contribution in [0.25, 0.3) is 0 Å². The highest BCUT2D eigenvalue weighted by atomic mass is 19.3. The summed E-state index contributed by atoms with van der Waals surface area (Å²) < 4.78 is 37.2. The SMILES string of the molecule is OB(O)c1c(F)cccc1C(F)F. The van der Waals surface area contributed by atoms with Crippen molar-refractivity contribution >= 4 is 12.6 Å². The lowest BCUT2D eigenvalue weighted by Gasteiger charge is -2.08. The fourth-order valence-electron chi connectivity index (χ4n) is 1.02. The Morgan fingerprint density at radius 3 is 2.23 bits per heavy atom. The Morgan fingerprint density at radius 1 is 1.23 bits per heavy atom. The first-order chi connectivity index (χ1) is 6.04. The summed E-state index contributed by atoms with van der Waals surface area (Å²) in [5, 5.41) is 17.2. The first kappa shape index (κ1) is 10.1. The van der Waals surface area contributed by atoms with Crippen molar-refractivity contribution in [3.63, 3.8) is 0 Å². The average Bonchev–Trinajstić information content (AvgIpc) is 2.02. The molecule has 6 heteroatoms. The smallest absolute Gasteiger partial charge is 0.423 e. The van der Waals surface area contributed by atoms with E-state index in [0.29, 0.717) is 0 Å². The molecule has 13 heavy (non-hydrogen) atoms. The van der Waals surface area contributed by atoms with Crippen LogP contribution in [0.5, 0.6) is 0 Å². The van der Waals surface area contributed by atoms with Crippen LogP contribution in [0.2, 0.25) is 0 Å². The molecule has 2 nitrogen and oxygen atoms in total. The van der Waals surface area contributed by atoms with E-state index in [0.717, 1.165) is 18.2 Å². The molecule has 0 spiro atoms. The molecule has 0 radical (unpaired) electrons. The van der Waals surface area contributed by atoms with E-state index in [1.54, 1.807) is 0 Å². The maximum Gasteiger partial charge on any atom is 0.491 e. The van der Waals surface area contributed by atoms with Crippen LogP contribution in [-0.2, 0) is 0 Å². The summed E-state index contributed by atoms with van der Waals surface area (Å²) in [5.74, 6) is -1.05. The minimum atomic E-state index is -2.92. The summed E-state index contributed by atoms with van der Waals surface area (Å²) in [6, 6.07) is 2.92. The Hall–Kier alpha value is -1.01. The second-order valence-electron chi connectivity index (χ2n) is 2.42. The molecule has 2 N–H and O–H groups in total. The molecule has 0 amide bonds. The van der Waals surface area contributed by atoms with Crippen LogP contribution in [0.15, 0.2) is 18.2 Å². The highest BCUT2D eigenvalue weighted by Gasteiger charge is 2.24. The van der Waals surface area contributed by atoms with Gasteiger partial charge >= 0.3 is 7.12 Å². The number of benzene rings is 1. The number of halogens is 3. The van der Waals surface area contributed by atoms with Gasteiger partial charge in [0.2, 0.25) is 0 Å². The Labute approximate surface area is 72.8 Å². The highest BCUT2D eigenvalue weighted by molar-refractivity contribution is 6.59. The van der Waals surface area contributed by atoms with Crippen molar-refractivity contribution in [1.29, 1.82) is 0 Å². The van der Waals surface area contributed by atoms with Crippen LogP contribution in [0.3, 0.4) is 0 Å². The van der Waals surface area contributed by atoms with Gasteiger partial charge in [-0.15, -0.1) is 0 Å². The first-order valence-electron chi connectivity index (χ1n) is 3.46. The monoisotopic (exact) mass is 190 g/mol. The topological polar surface area (TPSA) is 40.5 Å². The quantitative estimate of drug-likeness (QED) is 0.664. The molecular formula is C7H6BF3O2. The van der Waals surface area contributed by atoms with Crippen LogP contribution >= 0.6 is 0 Å². The molecular weight excluding hydrogens is 184 g/mol. The van der Waals surface area contributed by atoms with E-state index in [4.69, 9.17) is 10.0 Å². The van der Waals surface area contributed by atoms with E-state index < -0.39 is 30.4 Å². The van der Waals surface area contributed by atoms with E-state index in [1.807, 2.05) is 0 Å². The zero-order valence-corrected chi connectivity index (χ0v) is 6.42. The van der Waals surface area contributed by atoms with Gasteiger partial charge in [-0.2, -0.15) is 0 Å². The van der Waals surface area contributed by atoms with Gasteiger partial charge in [-0.3, -0.25) is 0 Å². The van der Waals surface area contributed by atoms with E-state index >= 15 is 0 Å². The van der Waals surface area contributed by atoms with Crippen LogP contribution < -0.4 is 5.46 Å². The lowest BCUT2D eigenvalue weighted by atomic mass is 9.76. The minimum absolute atomic E-state index is 0.699. The Morgan fingerprint density at radius 2 is 1.85 bits per heavy atom. The van der Waals surface area contributed by atoms with E-state index in [9.17, 15) is 13.2 Å². The predicted octanol–water partition coefficient (Wildman–Crippen LogP) is 0.443. The Bertz CT molecular complexity index is 304. The molecule has 0 saturated heterocycles. The summed E-state index contributed by atoms with van der Waals surface area (Å²) in [4.78, 5) is 0. The van der Waals surface area contributed by atoms with Gasteiger partial charge in [0.25, 0.3) is 6.43 Å². The van der Waals surface area contributed by atoms with Gasteiger partial charge in [0.15, 0.2) is 0 Å². The lowest BCUT2D eigenvalue weighted by Crippen LogP contribution is -2.36. The Balaban J connectivity index is 3.26. The van der Waals surface area contributed by atoms with Crippen molar-refractivity contribution in [3.05, 3.63) is 29.6 Å². The molecule has 1 aromatic carbocycles. The van der Waals surface area contributed by atoms with Crippen molar-refractivity contribution in [3.8, 4) is 0 Å². The molecule has 0 aliphatic carbocycles. The predicted molar refractivity (Wildman–Crippen MR) is 41.2 cm³/mol. The van der Waals surface area contributed by atoms with Crippen LogP contribution in [-0.4, -0.2) is 17.2 Å². The van der Waals surface area contributed by atoms with E-state index in [1.165, 1.54) is 0 Å². The normalized spacial score (nSPS) is 10.6. The van der Waals surface area contributed by atoms with Gasteiger partial charge < -0.3 is 10.0 Å². The molecule has 0 aromatic heterocycles. The summed E-state index contributed by atoms with van der Waals surface area (Å²) >= 11 is 0. The summed E-state index contributed by atoms with van der Waals surface area (Å²) in [6.45, 7) is 0. The first-order valence-corrected chi connectivity index (χ1v) is 3.46. The highest BCUT2D eigenvalue weighted by Crippen LogP contribution is 2.17. The second-order valence-corrected chi connectivity index (χ2v) is 2.42. The van der Waals surface area contributed by atoms with Crippen molar-refractivity contribution in [2.24, 2.45) is 0 Å². The molecule has 0 atom stereocenters. The standard InChI is InChI=1S/C7H6BF3O2/c9-5-3-1-2-4(7(10)11)6(5)8(12)13/h1-3,7,12-13H. The molecule has 1 rings (SSSR count). The lowest BCUT2D eigenvalue weighted by molar-refractivity contribution is 0.151. The molecule has 0 fully saturated rings. The molecule has 0 unspecified atom stereocenters. The average molecular weight is 190 g/mol. The third-order valence-electron chi connectivity index (χ3n) is 1.58. The Kier molecular flexibility index (Phi) is 2.95. The zero-order valence-electron chi connectivity index (χ0n) is 6.42. The van der Waals surface area contributed by atoms with Gasteiger partial charge in [0.1, 0.15) is 5.82 Å². The second kappa shape index (κ2) is 3.80. The molecule has 0 heterocycles. The minimum Gasteiger partial charge on any atom is -0.423 e. The van der Waals surface area contributed by atoms with Crippen molar-refractivity contribution in [2.75, 3.05) is 0 Å². The summed E-state index contributed by atoms with van der Waals surface area (Å²) in [6.07, 6.45) is -2.92. The maximum atomic E-state index is 12.8. The maximum absolute atomic E-state index is 12.8. The fraction of sp³-hybridized carbons (Fsp3) is 0.143. The van der Waals surface area contributed by atoms with Gasteiger partial charge in [0, 0.05) is 11.0 Å². The van der Waals surface area contributed by atoms with Crippen molar-refractivity contribution < 1.29 is 23.2 Å². The van der Waals surface area contributed by atoms with Gasteiger partial charge in [0.05, 0.1) is 0 Å². The largest absolute Gasteiger partial charge is 0.491 e. The van der Waals surface area contributed by atoms with Gasteiger partial charge in [-0.25, -0.2) is 13.2 Å². The molecule has 1 aromatic rings. The van der Waals surface area contributed by atoms with Crippen LogP contribution in [0.1, 0.15) is 12.0 Å². The summed E-state index contributed by atoms with van der Waals surface area (Å²) in [7, 11) is -2.22. The van der Waals surface area contributed by atoms with Gasteiger partial charge in [-0.1, -0.05) is 12.1 Å². The van der Waals surface area contributed by atoms with Crippen LogP contribution in [0.4, 0.5) is 13.2 Å². The molecule has 70 valence electrons. The third-order valence-corrected chi connectivity index (χ3v) is 1.58.